The standard InChI is InChI=1S/C17H19F3N6O2/c1-21-15(25-9-11-2-3-12-13(8-11)28-10-27-12)23-6-7-24-16-22-5-4-14(26-16)17(18,19)20/h2-5,8H,6-7,9-10H2,1H3,(H2,21,23,25)(H,22,24,26). The highest BCUT2D eigenvalue weighted by Crippen LogP contribution is 2.32. The zero-order valence-electron chi connectivity index (χ0n) is 15.0. The van der Waals surface area contributed by atoms with E-state index in [4.69, 9.17) is 9.47 Å². The van der Waals surface area contributed by atoms with Crippen molar-refractivity contribution in [2.75, 3.05) is 32.2 Å². The Morgan fingerprint density at radius 1 is 1.14 bits per heavy atom. The van der Waals surface area contributed by atoms with Gasteiger partial charge in [-0.1, -0.05) is 6.07 Å². The number of anilines is 1. The van der Waals surface area contributed by atoms with Gasteiger partial charge in [0.05, 0.1) is 0 Å². The lowest BCUT2D eigenvalue weighted by atomic mass is 10.2. The monoisotopic (exact) mass is 396 g/mol. The second-order valence-electron chi connectivity index (χ2n) is 5.73. The van der Waals surface area contributed by atoms with Crippen LogP contribution < -0.4 is 25.4 Å². The van der Waals surface area contributed by atoms with Crippen LogP contribution in [0.5, 0.6) is 11.5 Å². The first-order chi connectivity index (χ1) is 13.5. The summed E-state index contributed by atoms with van der Waals surface area (Å²) >= 11 is 0. The van der Waals surface area contributed by atoms with E-state index in [1.54, 1.807) is 7.05 Å². The van der Waals surface area contributed by atoms with Crippen LogP contribution in [0.2, 0.25) is 0 Å². The number of guanidine groups is 1. The molecule has 0 atom stereocenters. The Morgan fingerprint density at radius 3 is 2.75 bits per heavy atom. The summed E-state index contributed by atoms with van der Waals surface area (Å²) in [5.41, 5.74) is 0.00171. The number of nitrogens with zero attached hydrogens (tertiary/aromatic N) is 3. The van der Waals surface area contributed by atoms with Crippen molar-refractivity contribution in [1.29, 1.82) is 0 Å². The number of alkyl halides is 3. The Bertz CT molecular complexity index is 844. The number of aliphatic imine (C=N–C) groups is 1. The van der Waals surface area contributed by atoms with Crippen molar-refractivity contribution in [3.63, 3.8) is 0 Å². The molecule has 2 heterocycles. The number of hydrogen-bond donors (Lipinski definition) is 3. The molecule has 1 aliphatic heterocycles. The summed E-state index contributed by atoms with van der Waals surface area (Å²) in [6.07, 6.45) is -3.43. The van der Waals surface area contributed by atoms with E-state index in [0.29, 0.717) is 37.1 Å². The molecule has 11 heteroatoms. The fourth-order valence-corrected chi connectivity index (χ4v) is 2.41. The number of fused-ring (bicyclic) bond motifs is 1. The van der Waals surface area contributed by atoms with Crippen LogP contribution in [0.3, 0.4) is 0 Å². The molecule has 3 rings (SSSR count). The van der Waals surface area contributed by atoms with Crippen molar-refractivity contribution in [2.45, 2.75) is 12.7 Å². The van der Waals surface area contributed by atoms with Crippen molar-refractivity contribution in [3.8, 4) is 11.5 Å². The molecule has 1 aromatic carbocycles. The molecule has 8 nitrogen and oxygen atoms in total. The van der Waals surface area contributed by atoms with Crippen LogP contribution in [0.4, 0.5) is 19.1 Å². The third-order valence-electron chi connectivity index (χ3n) is 3.77. The molecular formula is C17H19F3N6O2. The largest absolute Gasteiger partial charge is 0.454 e. The third-order valence-corrected chi connectivity index (χ3v) is 3.77. The average Bonchev–Trinajstić information content (AvgIpc) is 3.15. The van der Waals surface area contributed by atoms with E-state index in [9.17, 15) is 13.2 Å². The quantitative estimate of drug-likeness (QED) is 0.391. The third kappa shape index (κ3) is 5.15. The molecule has 1 aliphatic rings. The number of halogens is 3. The van der Waals surface area contributed by atoms with E-state index < -0.39 is 11.9 Å². The summed E-state index contributed by atoms with van der Waals surface area (Å²) in [6, 6.07) is 6.47. The molecule has 0 fully saturated rings. The summed E-state index contributed by atoms with van der Waals surface area (Å²) < 4.78 is 48.5. The molecule has 0 saturated heterocycles. The lowest BCUT2D eigenvalue weighted by molar-refractivity contribution is -0.141. The first-order valence-electron chi connectivity index (χ1n) is 8.43. The zero-order chi connectivity index (χ0) is 20.0. The molecule has 0 radical (unpaired) electrons. The highest BCUT2D eigenvalue weighted by molar-refractivity contribution is 5.79. The molecular weight excluding hydrogens is 377 g/mol. The van der Waals surface area contributed by atoms with E-state index >= 15 is 0 Å². The van der Waals surface area contributed by atoms with E-state index in [2.05, 4.69) is 30.9 Å². The summed E-state index contributed by atoms with van der Waals surface area (Å²) in [6.45, 7) is 1.45. The number of rotatable bonds is 6. The van der Waals surface area contributed by atoms with Gasteiger partial charge in [-0.3, -0.25) is 4.99 Å². The summed E-state index contributed by atoms with van der Waals surface area (Å²) in [5.74, 6) is 1.88. The average molecular weight is 396 g/mol. The lowest BCUT2D eigenvalue weighted by Crippen LogP contribution is -2.39. The fraction of sp³-hybridized carbons (Fsp3) is 0.353. The molecule has 150 valence electrons. The highest BCUT2D eigenvalue weighted by Gasteiger charge is 2.32. The van der Waals surface area contributed by atoms with Crippen molar-refractivity contribution >= 4 is 11.9 Å². The zero-order valence-corrected chi connectivity index (χ0v) is 15.0. The molecule has 0 saturated carbocycles. The second-order valence-corrected chi connectivity index (χ2v) is 5.73. The molecule has 3 N–H and O–H groups in total. The van der Waals surface area contributed by atoms with E-state index in [-0.39, 0.29) is 12.7 Å². The molecule has 0 aliphatic carbocycles. The molecule has 28 heavy (non-hydrogen) atoms. The predicted molar refractivity (Wildman–Crippen MR) is 96.3 cm³/mol. The van der Waals surface area contributed by atoms with Crippen LogP contribution in [0.1, 0.15) is 11.3 Å². The van der Waals surface area contributed by atoms with E-state index in [1.807, 2.05) is 18.2 Å². The van der Waals surface area contributed by atoms with Gasteiger partial charge in [0.25, 0.3) is 0 Å². The van der Waals surface area contributed by atoms with Crippen LogP contribution in [0.15, 0.2) is 35.5 Å². The van der Waals surface area contributed by atoms with Crippen molar-refractivity contribution < 1.29 is 22.6 Å². The Hall–Kier alpha value is -3.24. The van der Waals surface area contributed by atoms with Gasteiger partial charge < -0.3 is 25.4 Å². The van der Waals surface area contributed by atoms with Gasteiger partial charge >= 0.3 is 6.18 Å². The van der Waals surface area contributed by atoms with E-state index in [0.717, 1.165) is 17.8 Å². The Balaban J connectivity index is 1.42. The Labute approximate surface area is 159 Å². The maximum absolute atomic E-state index is 12.6. The first kappa shape index (κ1) is 19.5. The number of aromatic nitrogens is 2. The van der Waals surface area contributed by atoms with Crippen LogP contribution in [-0.2, 0) is 12.7 Å². The molecule has 2 aromatic rings. The second kappa shape index (κ2) is 8.63. The maximum Gasteiger partial charge on any atom is 0.433 e. The number of ether oxygens (including phenoxy) is 2. The number of benzene rings is 1. The predicted octanol–water partition coefficient (Wildman–Crippen LogP) is 2.00. The van der Waals surface area contributed by atoms with Gasteiger partial charge in [-0.25, -0.2) is 9.97 Å². The molecule has 0 unspecified atom stereocenters. The van der Waals surface area contributed by atoms with Crippen molar-refractivity contribution in [2.24, 2.45) is 4.99 Å². The van der Waals surface area contributed by atoms with Gasteiger partial charge in [-0.15, -0.1) is 0 Å². The molecule has 0 amide bonds. The van der Waals surface area contributed by atoms with Crippen LogP contribution in [0, 0.1) is 0 Å². The molecule has 0 spiro atoms. The summed E-state index contributed by atoms with van der Waals surface area (Å²) in [7, 11) is 1.62. The van der Waals surface area contributed by atoms with Crippen LogP contribution in [-0.4, -0.2) is 42.9 Å². The fourth-order valence-electron chi connectivity index (χ4n) is 2.41. The lowest BCUT2D eigenvalue weighted by Gasteiger charge is -2.13. The van der Waals surface area contributed by atoms with Gasteiger partial charge in [-0.05, 0) is 23.8 Å². The van der Waals surface area contributed by atoms with Gasteiger partial charge in [0.15, 0.2) is 17.5 Å². The molecule has 0 bridgehead atoms. The number of nitrogens with one attached hydrogen (secondary N) is 3. The minimum absolute atomic E-state index is 0.0834. The normalized spacial score (nSPS) is 13.4. The minimum Gasteiger partial charge on any atom is -0.454 e. The van der Waals surface area contributed by atoms with Gasteiger partial charge in [-0.2, -0.15) is 13.2 Å². The minimum atomic E-state index is -4.50. The highest BCUT2D eigenvalue weighted by atomic mass is 19.4. The van der Waals surface area contributed by atoms with Gasteiger partial charge in [0, 0.05) is 32.9 Å². The smallest absolute Gasteiger partial charge is 0.433 e. The SMILES string of the molecule is CN=C(NCCNc1nccc(C(F)(F)F)n1)NCc1ccc2c(c1)OCO2. The summed E-state index contributed by atoms with van der Waals surface area (Å²) in [5, 5.41) is 8.93. The van der Waals surface area contributed by atoms with Crippen LogP contribution >= 0.6 is 0 Å². The van der Waals surface area contributed by atoms with Crippen molar-refractivity contribution in [3.05, 3.63) is 41.7 Å². The maximum atomic E-state index is 12.6. The van der Waals surface area contributed by atoms with Crippen molar-refractivity contribution in [1.82, 2.24) is 20.6 Å². The van der Waals surface area contributed by atoms with Crippen LogP contribution in [0.25, 0.3) is 0 Å². The van der Waals surface area contributed by atoms with Gasteiger partial charge in [0.1, 0.15) is 5.69 Å². The van der Waals surface area contributed by atoms with E-state index in [1.165, 1.54) is 0 Å². The Morgan fingerprint density at radius 2 is 1.96 bits per heavy atom. The topological polar surface area (TPSA) is 92.7 Å². The number of hydrogen-bond acceptors (Lipinski definition) is 6. The Kier molecular flexibility index (Phi) is 6.02. The molecule has 1 aromatic heterocycles. The summed E-state index contributed by atoms with van der Waals surface area (Å²) in [4.78, 5) is 11.3. The van der Waals surface area contributed by atoms with Gasteiger partial charge in [0.2, 0.25) is 12.7 Å². The first-order valence-corrected chi connectivity index (χ1v) is 8.43.